The highest BCUT2D eigenvalue weighted by Crippen LogP contribution is 2.15. The quantitative estimate of drug-likeness (QED) is 0.859. The molecule has 0 bridgehead atoms. The summed E-state index contributed by atoms with van der Waals surface area (Å²) in [5.41, 5.74) is 3.28. The lowest BCUT2D eigenvalue weighted by molar-refractivity contribution is 0.0628. The summed E-state index contributed by atoms with van der Waals surface area (Å²) in [6.07, 6.45) is 0. The first-order valence-electron chi connectivity index (χ1n) is 7.94. The Kier molecular flexibility index (Phi) is 4.99. The molecule has 1 amide bonds. The molecule has 1 aliphatic rings. The van der Waals surface area contributed by atoms with Crippen LogP contribution in [-0.4, -0.2) is 41.9 Å². The van der Waals surface area contributed by atoms with Crippen LogP contribution in [-0.2, 0) is 6.54 Å². The van der Waals surface area contributed by atoms with Crippen molar-refractivity contribution < 1.29 is 4.79 Å². The van der Waals surface area contributed by atoms with Gasteiger partial charge in [0.25, 0.3) is 5.91 Å². The molecule has 0 radical (unpaired) electrons. The number of piperazine rings is 1. The molecule has 0 aromatic heterocycles. The monoisotopic (exact) mass is 328 g/mol. The molecule has 4 heteroatoms. The summed E-state index contributed by atoms with van der Waals surface area (Å²) in [6.45, 7) is 6.37. The van der Waals surface area contributed by atoms with Gasteiger partial charge in [0.05, 0.1) is 0 Å². The summed E-state index contributed by atoms with van der Waals surface area (Å²) in [4.78, 5) is 16.8. The molecule has 3 nitrogen and oxygen atoms in total. The van der Waals surface area contributed by atoms with E-state index in [1.807, 2.05) is 17.0 Å². The van der Waals surface area contributed by atoms with Crippen LogP contribution in [0.4, 0.5) is 0 Å². The van der Waals surface area contributed by atoms with E-state index in [9.17, 15) is 4.79 Å². The fraction of sp³-hybridized carbons (Fsp3) is 0.316. The Balaban J connectivity index is 1.55. The van der Waals surface area contributed by atoms with E-state index in [0.717, 1.165) is 32.7 Å². The van der Waals surface area contributed by atoms with Crippen LogP contribution in [0.3, 0.4) is 0 Å². The first-order valence-corrected chi connectivity index (χ1v) is 8.32. The molecule has 0 atom stereocenters. The van der Waals surface area contributed by atoms with Crippen molar-refractivity contribution in [3.63, 3.8) is 0 Å². The lowest BCUT2D eigenvalue weighted by atomic mass is 10.1. The van der Waals surface area contributed by atoms with Crippen LogP contribution in [0.2, 0.25) is 5.02 Å². The van der Waals surface area contributed by atoms with Gasteiger partial charge in [-0.3, -0.25) is 9.69 Å². The number of carbonyl (C=O) groups is 1. The number of benzene rings is 2. The second-order valence-corrected chi connectivity index (χ2v) is 6.50. The van der Waals surface area contributed by atoms with Gasteiger partial charge >= 0.3 is 0 Å². The molecule has 2 aromatic carbocycles. The normalized spacial score (nSPS) is 15.7. The van der Waals surface area contributed by atoms with Gasteiger partial charge in [-0.1, -0.05) is 47.5 Å². The van der Waals surface area contributed by atoms with Crippen LogP contribution in [0, 0.1) is 6.92 Å². The predicted octanol–water partition coefficient (Wildman–Crippen LogP) is 3.61. The molecule has 3 rings (SSSR count). The fourth-order valence-corrected chi connectivity index (χ4v) is 3.06. The molecule has 1 fully saturated rings. The third-order valence-electron chi connectivity index (χ3n) is 4.26. The minimum Gasteiger partial charge on any atom is -0.336 e. The van der Waals surface area contributed by atoms with E-state index in [4.69, 9.17) is 11.6 Å². The first kappa shape index (κ1) is 16.0. The van der Waals surface area contributed by atoms with Crippen LogP contribution in [0.5, 0.6) is 0 Å². The second-order valence-electron chi connectivity index (χ2n) is 6.06. The molecule has 0 saturated carbocycles. The Morgan fingerprint density at radius 2 is 1.74 bits per heavy atom. The third kappa shape index (κ3) is 4.12. The highest BCUT2D eigenvalue weighted by atomic mass is 35.5. The Morgan fingerprint density at radius 1 is 1.04 bits per heavy atom. The number of rotatable bonds is 3. The van der Waals surface area contributed by atoms with Crippen molar-refractivity contribution in [2.75, 3.05) is 26.2 Å². The number of amides is 1. The van der Waals surface area contributed by atoms with E-state index in [0.29, 0.717) is 10.6 Å². The number of hydrogen-bond acceptors (Lipinski definition) is 2. The van der Waals surface area contributed by atoms with Crippen molar-refractivity contribution in [2.24, 2.45) is 0 Å². The van der Waals surface area contributed by atoms with Gasteiger partial charge in [-0.05, 0) is 30.7 Å². The van der Waals surface area contributed by atoms with Crippen LogP contribution in [0.25, 0.3) is 0 Å². The van der Waals surface area contributed by atoms with Gasteiger partial charge in [-0.15, -0.1) is 0 Å². The van der Waals surface area contributed by atoms with E-state index in [1.54, 1.807) is 12.1 Å². The maximum absolute atomic E-state index is 12.5. The van der Waals surface area contributed by atoms with E-state index >= 15 is 0 Å². The summed E-state index contributed by atoms with van der Waals surface area (Å²) in [6, 6.07) is 15.8. The summed E-state index contributed by atoms with van der Waals surface area (Å²) in [5.74, 6) is 0.0717. The Morgan fingerprint density at radius 3 is 2.39 bits per heavy atom. The van der Waals surface area contributed by atoms with Gasteiger partial charge in [-0.2, -0.15) is 0 Å². The van der Waals surface area contributed by atoms with Gasteiger partial charge in [0.15, 0.2) is 0 Å². The minimum atomic E-state index is 0.0717. The largest absolute Gasteiger partial charge is 0.336 e. The lowest BCUT2D eigenvalue weighted by Gasteiger charge is -2.34. The highest BCUT2D eigenvalue weighted by molar-refractivity contribution is 6.30. The van der Waals surface area contributed by atoms with Crippen molar-refractivity contribution in [2.45, 2.75) is 13.5 Å². The lowest BCUT2D eigenvalue weighted by Crippen LogP contribution is -2.48. The summed E-state index contributed by atoms with van der Waals surface area (Å²) < 4.78 is 0. The van der Waals surface area contributed by atoms with Crippen molar-refractivity contribution in [3.8, 4) is 0 Å². The highest BCUT2D eigenvalue weighted by Gasteiger charge is 2.22. The second kappa shape index (κ2) is 7.16. The summed E-state index contributed by atoms with van der Waals surface area (Å²) >= 11 is 5.97. The molecule has 23 heavy (non-hydrogen) atoms. The molecule has 0 aliphatic carbocycles. The van der Waals surface area contributed by atoms with E-state index < -0.39 is 0 Å². The van der Waals surface area contributed by atoms with E-state index in [1.165, 1.54) is 11.1 Å². The Hall–Kier alpha value is -1.84. The fourth-order valence-electron chi connectivity index (χ4n) is 2.86. The first-order chi connectivity index (χ1) is 11.1. The molecule has 1 saturated heterocycles. The van der Waals surface area contributed by atoms with Gasteiger partial charge in [-0.25, -0.2) is 0 Å². The van der Waals surface area contributed by atoms with Gasteiger partial charge in [0.1, 0.15) is 0 Å². The van der Waals surface area contributed by atoms with Crippen molar-refractivity contribution >= 4 is 17.5 Å². The molecular formula is C19H21ClN2O. The SMILES string of the molecule is Cc1ccc(CN2CCN(C(=O)c3cccc(Cl)c3)CC2)cc1. The number of halogens is 1. The molecule has 2 aromatic rings. The number of carbonyl (C=O) groups excluding carboxylic acids is 1. The maximum atomic E-state index is 12.5. The molecule has 1 heterocycles. The summed E-state index contributed by atoms with van der Waals surface area (Å²) in [7, 11) is 0. The average Bonchev–Trinajstić information content (AvgIpc) is 2.57. The number of aryl methyl sites for hydroxylation is 1. The maximum Gasteiger partial charge on any atom is 0.253 e. The van der Waals surface area contributed by atoms with Gasteiger partial charge in [0.2, 0.25) is 0 Å². The Bertz CT molecular complexity index is 676. The predicted molar refractivity (Wildman–Crippen MR) is 93.8 cm³/mol. The third-order valence-corrected chi connectivity index (χ3v) is 4.49. The zero-order chi connectivity index (χ0) is 16.2. The van der Waals surface area contributed by atoms with Crippen LogP contribution >= 0.6 is 11.6 Å². The molecule has 0 unspecified atom stereocenters. The van der Waals surface area contributed by atoms with Crippen molar-refractivity contribution in [1.82, 2.24) is 9.80 Å². The molecule has 0 N–H and O–H groups in total. The van der Waals surface area contributed by atoms with E-state index in [-0.39, 0.29) is 5.91 Å². The molecule has 120 valence electrons. The Labute approximate surface area is 142 Å². The molecular weight excluding hydrogens is 308 g/mol. The topological polar surface area (TPSA) is 23.6 Å². The van der Waals surface area contributed by atoms with Crippen molar-refractivity contribution in [3.05, 3.63) is 70.2 Å². The number of hydrogen-bond donors (Lipinski definition) is 0. The van der Waals surface area contributed by atoms with E-state index in [2.05, 4.69) is 36.1 Å². The zero-order valence-electron chi connectivity index (χ0n) is 13.3. The number of nitrogens with zero attached hydrogens (tertiary/aromatic N) is 2. The van der Waals surface area contributed by atoms with Gasteiger partial charge in [0, 0.05) is 43.3 Å². The van der Waals surface area contributed by atoms with Gasteiger partial charge < -0.3 is 4.90 Å². The van der Waals surface area contributed by atoms with Crippen LogP contribution in [0.1, 0.15) is 21.5 Å². The van der Waals surface area contributed by atoms with Crippen LogP contribution in [0.15, 0.2) is 48.5 Å². The zero-order valence-corrected chi connectivity index (χ0v) is 14.1. The molecule has 1 aliphatic heterocycles. The average molecular weight is 329 g/mol. The minimum absolute atomic E-state index is 0.0717. The smallest absolute Gasteiger partial charge is 0.253 e. The molecule has 0 spiro atoms. The van der Waals surface area contributed by atoms with Crippen molar-refractivity contribution in [1.29, 1.82) is 0 Å². The van der Waals surface area contributed by atoms with Crippen LogP contribution < -0.4 is 0 Å². The summed E-state index contributed by atoms with van der Waals surface area (Å²) in [5, 5.41) is 0.605. The standard InChI is InChI=1S/C19H21ClN2O/c1-15-5-7-16(8-6-15)14-21-9-11-22(12-10-21)19(23)17-3-2-4-18(20)13-17/h2-8,13H,9-12,14H2,1H3.